The van der Waals surface area contributed by atoms with E-state index in [0.29, 0.717) is 0 Å². The molecular weight excluding hydrogens is 384 g/mol. The van der Waals surface area contributed by atoms with Gasteiger partial charge in [-0.2, -0.15) is 11.8 Å². The van der Waals surface area contributed by atoms with Gasteiger partial charge < -0.3 is 5.32 Å². The zero-order valence-electron chi connectivity index (χ0n) is 15.0. The third-order valence-corrected chi connectivity index (χ3v) is 6.02. The Morgan fingerprint density at radius 3 is 2.46 bits per heavy atom. The summed E-state index contributed by atoms with van der Waals surface area (Å²) >= 11 is 5.37. The number of carbonyl (C=O) groups is 1. The van der Waals surface area contributed by atoms with Gasteiger partial charge in [-0.05, 0) is 43.6 Å². The van der Waals surface area contributed by atoms with Gasteiger partial charge in [-0.15, -0.1) is 0 Å². The Bertz CT molecular complexity index is 519. The molecule has 1 saturated heterocycles. The standard InChI is InChI=1S/C19H29BrN2OS/c1-19(2,3)24-13-10-21-18(23)16-8-11-22(12-9-16)14-15-4-6-17(20)7-5-15/h4-7,16H,8-14H2,1-3H3,(H,21,23). The molecule has 1 N–H and O–H groups in total. The first-order valence-corrected chi connectivity index (χ1v) is 10.5. The van der Waals surface area contributed by atoms with Crippen molar-refractivity contribution in [3.8, 4) is 0 Å². The van der Waals surface area contributed by atoms with Crippen LogP contribution in [0.4, 0.5) is 0 Å². The van der Waals surface area contributed by atoms with E-state index in [2.05, 4.69) is 71.2 Å². The molecule has 0 radical (unpaired) electrons. The molecule has 2 rings (SSSR count). The lowest BCUT2D eigenvalue weighted by Gasteiger charge is -2.31. The zero-order valence-corrected chi connectivity index (χ0v) is 17.4. The maximum atomic E-state index is 12.3. The van der Waals surface area contributed by atoms with E-state index < -0.39 is 0 Å². The molecule has 134 valence electrons. The van der Waals surface area contributed by atoms with Crippen molar-refractivity contribution in [1.29, 1.82) is 0 Å². The monoisotopic (exact) mass is 412 g/mol. The van der Waals surface area contributed by atoms with Gasteiger partial charge in [-0.1, -0.05) is 48.8 Å². The fourth-order valence-electron chi connectivity index (χ4n) is 2.88. The van der Waals surface area contributed by atoms with E-state index in [4.69, 9.17) is 0 Å². The smallest absolute Gasteiger partial charge is 0.223 e. The van der Waals surface area contributed by atoms with Crippen molar-refractivity contribution in [3.05, 3.63) is 34.3 Å². The summed E-state index contributed by atoms with van der Waals surface area (Å²) in [5.41, 5.74) is 1.33. The first kappa shape index (κ1) is 19.8. The summed E-state index contributed by atoms with van der Waals surface area (Å²) in [5, 5.41) is 3.11. The highest BCUT2D eigenvalue weighted by Gasteiger charge is 2.24. The second-order valence-corrected chi connectivity index (χ2v) is 10.3. The number of hydrogen-bond acceptors (Lipinski definition) is 3. The number of thioether (sulfide) groups is 1. The predicted molar refractivity (Wildman–Crippen MR) is 107 cm³/mol. The lowest BCUT2D eigenvalue weighted by Crippen LogP contribution is -2.40. The minimum absolute atomic E-state index is 0.186. The SMILES string of the molecule is CC(C)(C)SCCNC(=O)C1CCN(Cc2ccc(Br)cc2)CC1. The zero-order chi connectivity index (χ0) is 17.6. The summed E-state index contributed by atoms with van der Waals surface area (Å²) < 4.78 is 1.38. The number of halogens is 1. The van der Waals surface area contributed by atoms with Crippen LogP contribution >= 0.6 is 27.7 Å². The van der Waals surface area contributed by atoms with Gasteiger partial charge in [0, 0.05) is 34.0 Å². The quantitative estimate of drug-likeness (QED) is 0.706. The van der Waals surface area contributed by atoms with Crippen molar-refractivity contribution in [1.82, 2.24) is 10.2 Å². The van der Waals surface area contributed by atoms with Gasteiger partial charge >= 0.3 is 0 Å². The molecule has 0 aromatic heterocycles. The largest absolute Gasteiger partial charge is 0.355 e. The van der Waals surface area contributed by atoms with Gasteiger partial charge in [0.2, 0.25) is 5.91 Å². The molecule has 0 bridgehead atoms. The molecule has 1 aliphatic heterocycles. The van der Waals surface area contributed by atoms with Crippen molar-refractivity contribution >= 4 is 33.6 Å². The maximum Gasteiger partial charge on any atom is 0.223 e. The van der Waals surface area contributed by atoms with Crippen molar-refractivity contribution in [3.63, 3.8) is 0 Å². The van der Waals surface area contributed by atoms with E-state index in [1.807, 2.05) is 11.8 Å². The summed E-state index contributed by atoms with van der Waals surface area (Å²) in [5.74, 6) is 1.41. The molecule has 0 aliphatic carbocycles. The molecule has 24 heavy (non-hydrogen) atoms. The Hall–Kier alpha value is -0.520. The second-order valence-electron chi connectivity index (χ2n) is 7.43. The van der Waals surface area contributed by atoms with Crippen LogP contribution in [0.15, 0.2) is 28.7 Å². The highest BCUT2D eigenvalue weighted by Crippen LogP contribution is 2.23. The highest BCUT2D eigenvalue weighted by molar-refractivity contribution is 9.10. The number of nitrogens with one attached hydrogen (secondary N) is 1. The van der Waals surface area contributed by atoms with Crippen LogP contribution in [0.2, 0.25) is 0 Å². The Labute approximate surface area is 159 Å². The summed E-state index contributed by atoms with van der Waals surface area (Å²) in [6, 6.07) is 8.50. The van der Waals surface area contributed by atoms with Crippen molar-refractivity contribution in [2.45, 2.75) is 44.9 Å². The van der Waals surface area contributed by atoms with Gasteiger partial charge in [-0.25, -0.2) is 0 Å². The fraction of sp³-hybridized carbons (Fsp3) is 0.632. The van der Waals surface area contributed by atoms with Gasteiger partial charge in [0.1, 0.15) is 0 Å². The molecule has 1 fully saturated rings. The molecule has 0 atom stereocenters. The van der Waals surface area contributed by atoms with E-state index in [1.54, 1.807) is 0 Å². The Kier molecular flexibility index (Phi) is 7.63. The number of nitrogens with zero attached hydrogens (tertiary/aromatic N) is 1. The van der Waals surface area contributed by atoms with Crippen LogP contribution in [0, 0.1) is 5.92 Å². The van der Waals surface area contributed by atoms with Gasteiger partial charge in [0.05, 0.1) is 0 Å². The number of likely N-dealkylation sites (tertiary alicyclic amines) is 1. The minimum Gasteiger partial charge on any atom is -0.355 e. The average Bonchev–Trinajstić information content (AvgIpc) is 2.53. The van der Waals surface area contributed by atoms with Crippen LogP contribution < -0.4 is 5.32 Å². The van der Waals surface area contributed by atoms with Crippen molar-refractivity contribution in [2.24, 2.45) is 5.92 Å². The number of piperidine rings is 1. The average molecular weight is 413 g/mol. The highest BCUT2D eigenvalue weighted by atomic mass is 79.9. The summed E-state index contributed by atoms with van der Waals surface area (Å²) in [4.78, 5) is 14.7. The van der Waals surface area contributed by atoms with Crippen LogP contribution in [0.5, 0.6) is 0 Å². The molecule has 0 unspecified atom stereocenters. The molecule has 1 heterocycles. The maximum absolute atomic E-state index is 12.3. The van der Waals surface area contributed by atoms with Crippen LogP contribution in [0.1, 0.15) is 39.2 Å². The van der Waals surface area contributed by atoms with Crippen molar-refractivity contribution < 1.29 is 4.79 Å². The van der Waals surface area contributed by atoms with E-state index in [0.717, 1.165) is 49.2 Å². The van der Waals surface area contributed by atoms with Crippen LogP contribution in [-0.2, 0) is 11.3 Å². The lowest BCUT2D eigenvalue weighted by molar-refractivity contribution is -0.126. The number of rotatable bonds is 6. The molecule has 5 heteroatoms. The molecule has 1 aromatic carbocycles. The Morgan fingerprint density at radius 1 is 1.25 bits per heavy atom. The first-order chi connectivity index (χ1) is 11.3. The minimum atomic E-state index is 0.186. The molecular formula is C19H29BrN2OS. The van der Waals surface area contributed by atoms with E-state index in [9.17, 15) is 4.79 Å². The number of hydrogen-bond donors (Lipinski definition) is 1. The van der Waals surface area contributed by atoms with Crippen LogP contribution in [0.25, 0.3) is 0 Å². The molecule has 0 spiro atoms. The fourth-order valence-corrected chi connectivity index (χ4v) is 3.96. The molecule has 0 saturated carbocycles. The number of amides is 1. The first-order valence-electron chi connectivity index (χ1n) is 8.72. The topological polar surface area (TPSA) is 32.3 Å². The normalized spacial score (nSPS) is 17.0. The van der Waals surface area contributed by atoms with E-state index >= 15 is 0 Å². The van der Waals surface area contributed by atoms with Gasteiger partial charge in [-0.3, -0.25) is 9.69 Å². The van der Waals surface area contributed by atoms with E-state index in [1.165, 1.54) is 5.56 Å². The third kappa shape index (κ3) is 7.16. The predicted octanol–water partition coefficient (Wildman–Crippen LogP) is 4.31. The second kappa shape index (κ2) is 9.25. The van der Waals surface area contributed by atoms with Gasteiger partial charge in [0.15, 0.2) is 0 Å². The summed E-state index contributed by atoms with van der Waals surface area (Å²) in [7, 11) is 0. The summed E-state index contributed by atoms with van der Waals surface area (Å²) in [6.45, 7) is 10.4. The van der Waals surface area contributed by atoms with Crippen LogP contribution in [-0.4, -0.2) is 40.9 Å². The van der Waals surface area contributed by atoms with E-state index in [-0.39, 0.29) is 16.6 Å². The molecule has 1 amide bonds. The van der Waals surface area contributed by atoms with Gasteiger partial charge in [0.25, 0.3) is 0 Å². The number of carbonyl (C=O) groups excluding carboxylic acids is 1. The van der Waals surface area contributed by atoms with Crippen LogP contribution in [0.3, 0.4) is 0 Å². The number of benzene rings is 1. The molecule has 3 nitrogen and oxygen atoms in total. The lowest BCUT2D eigenvalue weighted by atomic mass is 9.95. The molecule has 1 aromatic rings. The summed E-state index contributed by atoms with van der Waals surface area (Å²) in [6.07, 6.45) is 1.93. The van der Waals surface area contributed by atoms with Crippen molar-refractivity contribution in [2.75, 3.05) is 25.4 Å². The third-order valence-electron chi connectivity index (χ3n) is 4.21. The molecule has 1 aliphatic rings. The Balaban J connectivity index is 1.66. The Morgan fingerprint density at radius 2 is 1.88 bits per heavy atom.